The van der Waals surface area contributed by atoms with Crippen LogP contribution in [-0.4, -0.2) is 22.7 Å². The number of hydrogen-bond acceptors (Lipinski definition) is 1. The van der Waals surface area contributed by atoms with Crippen molar-refractivity contribution in [1.29, 1.82) is 0 Å². The first kappa shape index (κ1) is 11.0. The second-order valence-corrected chi connectivity index (χ2v) is 4.44. The van der Waals surface area contributed by atoms with Crippen LogP contribution >= 0.6 is 7.37 Å². The second kappa shape index (κ2) is 4.07. The molecule has 0 aromatic rings. The van der Waals surface area contributed by atoms with E-state index in [9.17, 15) is 4.57 Å². The highest BCUT2D eigenvalue weighted by atomic mass is 31.2. The van der Waals surface area contributed by atoms with Crippen LogP contribution in [-0.2, 0) is 4.57 Å². The van der Waals surface area contributed by atoms with E-state index in [2.05, 4.69) is 0 Å². The van der Waals surface area contributed by atoms with E-state index in [0.717, 1.165) is 0 Å². The largest absolute Gasteiger partial charge is 0.412 e. The summed E-state index contributed by atoms with van der Waals surface area (Å²) in [5.74, 6) is 0. The molecule has 3 N–H and O–H groups in total. The van der Waals surface area contributed by atoms with Gasteiger partial charge < -0.3 is 10.4 Å². The van der Waals surface area contributed by atoms with Gasteiger partial charge in [-0.2, -0.15) is 0 Å². The predicted octanol–water partition coefficient (Wildman–Crippen LogP) is 0.472. The molecule has 0 fully saturated rings. The van der Waals surface area contributed by atoms with Gasteiger partial charge in [0.05, 0.1) is 0 Å². The van der Waals surface area contributed by atoms with Crippen molar-refractivity contribution in [2.24, 2.45) is 0 Å². The molecule has 0 amide bonds. The Labute approximate surface area is 49.5 Å². The van der Waals surface area contributed by atoms with Crippen LogP contribution in [0, 0.1) is 0 Å². The van der Waals surface area contributed by atoms with Crippen molar-refractivity contribution >= 4 is 7.37 Å². The molecule has 0 atom stereocenters. The van der Waals surface area contributed by atoms with Gasteiger partial charge in [-0.25, -0.2) is 0 Å². The van der Waals surface area contributed by atoms with Crippen molar-refractivity contribution in [3.8, 4) is 0 Å². The van der Waals surface area contributed by atoms with Crippen molar-refractivity contribution in [1.82, 2.24) is 0 Å². The van der Waals surface area contributed by atoms with Gasteiger partial charge in [-0.3, -0.25) is 4.57 Å². The third-order valence-electron chi connectivity index (χ3n) is 0.988. The van der Waals surface area contributed by atoms with Crippen LogP contribution in [0.3, 0.4) is 0 Å². The van der Waals surface area contributed by atoms with Crippen LogP contribution in [0.1, 0.15) is 13.8 Å². The van der Waals surface area contributed by atoms with E-state index in [4.69, 9.17) is 4.89 Å². The third kappa shape index (κ3) is 4.31. The highest BCUT2D eigenvalue weighted by molar-refractivity contribution is 7.57. The minimum Gasteiger partial charge on any atom is -0.412 e. The zero-order valence-corrected chi connectivity index (χ0v) is 6.11. The lowest BCUT2D eigenvalue weighted by Crippen LogP contribution is -1.84. The molecule has 0 saturated carbocycles. The van der Waals surface area contributed by atoms with E-state index in [1.54, 1.807) is 13.8 Å². The molecule has 0 radical (unpaired) electrons. The van der Waals surface area contributed by atoms with Crippen LogP contribution in [0.4, 0.5) is 0 Å². The Kier molecular flexibility index (Phi) is 5.61. The maximum Gasteiger partial charge on any atom is 0.200 e. The topological polar surface area (TPSA) is 68.8 Å². The van der Waals surface area contributed by atoms with Gasteiger partial charge in [0, 0.05) is 12.3 Å². The molecule has 3 nitrogen and oxygen atoms in total. The lowest BCUT2D eigenvalue weighted by atomic mass is 11.0. The van der Waals surface area contributed by atoms with Crippen molar-refractivity contribution < 1.29 is 14.9 Å². The highest BCUT2D eigenvalue weighted by Gasteiger charge is 2.08. The molecule has 8 heavy (non-hydrogen) atoms. The Morgan fingerprint density at radius 3 is 1.62 bits per heavy atom. The summed E-state index contributed by atoms with van der Waals surface area (Å²) in [7, 11) is -2.65. The summed E-state index contributed by atoms with van der Waals surface area (Å²) in [6.45, 7) is 3.45. The van der Waals surface area contributed by atoms with Crippen LogP contribution < -0.4 is 0 Å². The minimum atomic E-state index is -2.65. The monoisotopic (exact) mass is 140 g/mol. The summed E-state index contributed by atoms with van der Waals surface area (Å²) < 4.78 is 10.5. The highest BCUT2D eigenvalue weighted by Crippen LogP contribution is 2.38. The molecule has 0 aliphatic heterocycles. The van der Waals surface area contributed by atoms with Gasteiger partial charge in [0.25, 0.3) is 0 Å². The third-order valence-corrected chi connectivity index (χ3v) is 2.96. The quantitative estimate of drug-likeness (QED) is 0.566. The van der Waals surface area contributed by atoms with E-state index in [-0.39, 0.29) is 5.48 Å². The van der Waals surface area contributed by atoms with E-state index >= 15 is 0 Å². The normalized spacial score (nSPS) is 10.4. The molecular formula is C4H13O3P. The molecule has 0 aromatic carbocycles. The maximum absolute atomic E-state index is 10.5. The molecule has 0 unspecified atom stereocenters. The molecule has 0 aliphatic rings. The molecule has 4 heteroatoms. The average molecular weight is 140 g/mol. The molecule has 0 bridgehead atoms. The van der Waals surface area contributed by atoms with Crippen molar-refractivity contribution in [2.45, 2.75) is 13.8 Å². The SMILES string of the molecule is CCP(=O)(O)CC.O. The summed E-state index contributed by atoms with van der Waals surface area (Å²) in [6.07, 6.45) is 0.812. The van der Waals surface area contributed by atoms with E-state index in [1.807, 2.05) is 0 Å². The minimum absolute atomic E-state index is 0. The van der Waals surface area contributed by atoms with Gasteiger partial charge >= 0.3 is 0 Å². The fourth-order valence-electron chi connectivity index (χ4n) is 0.224. The second-order valence-electron chi connectivity index (χ2n) is 1.48. The Morgan fingerprint density at radius 1 is 1.38 bits per heavy atom. The molecule has 52 valence electrons. The summed E-state index contributed by atoms with van der Waals surface area (Å²) in [5, 5.41) is 0. The van der Waals surface area contributed by atoms with Crippen molar-refractivity contribution in [2.75, 3.05) is 12.3 Å². The smallest absolute Gasteiger partial charge is 0.200 e. The standard InChI is InChI=1S/C4H11O2P.H2O/c1-3-7(5,6)4-2;/h3-4H2,1-2H3,(H,5,6);1H2. The Bertz CT molecular complexity index is 83.3. The Hall–Kier alpha value is 0.150. The lowest BCUT2D eigenvalue weighted by Gasteiger charge is -2.01. The van der Waals surface area contributed by atoms with Crippen LogP contribution in [0.2, 0.25) is 0 Å². The Balaban J connectivity index is 0. The first-order valence-corrected chi connectivity index (χ1v) is 4.46. The molecular weight excluding hydrogens is 127 g/mol. The molecule has 0 heterocycles. The summed E-state index contributed by atoms with van der Waals surface area (Å²) in [6, 6.07) is 0. The molecule has 0 saturated heterocycles. The van der Waals surface area contributed by atoms with E-state index in [1.165, 1.54) is 0 Å². The molecule has 0 rings (SSSR count). The summed E-state index contributed by atoms with van der Waals surface area (Å²) >= 11 is 0. The lowest BCUT2D eigenvalue weighted by molar-refractivity contribution is 0.481. The van der Waals surface area contributed by atoms with E-state index < -0.39 is 7.37 Å². The maximum atomic E-state index is 10.5. The van der Waals surface area contributed by atoms with Gasteiger partial charge in [-0.05, 0) is 0 Å². The summed E-state index contributed by atoms with van der Waals surface area (Å²) in [5.41, 5.74) is 0. The zero-order valence-electron chi connectivity index (χ0n) is 5.22. The van der Waals surface area contributed by atoms with Crippen molar-refractivity contribution in [3.63, 3.8) is 0 Å². The van der Waals surface area contributed by atoms with Crippen molar-refractivity contribution in [3.05, 3.63) is 0 Å². The fraction of sp³-hybridized carbons (Fsp3) is 1.00. The van der Waals surface area contributed by atoms with Gasteiger partial charge in [0.2, 0.25) is 0 Å². The number of hydrogen-bond donors (Lipinski definition) is 1. The number of rotatable bonds is 2. The van der Waals surface area contributed by atoms with Gasteiger partial charge in [0.15, 0.2) is 7.37 Å². The van der Waals surface area contributed by atoms with Gasteiger partial charge in [-0.15, -0.1) is 0 Å². The summed E-state index contributed by atoms with van der Waals surface area (Å²) in [4.78, 5) is 8.69. The molecule has 0 aromatic heterocycles. The first-order chi connectivity index (χ1) is 3.12. The van der Waals surface area contributed by atoms with Gasteiger partial charge in [0.1, 0.15) is 0 Å². The molecule has 0 aliphatic carbocycles. The predicted molar refractivity (Wildman–Crippen MR) is 34.5 cm³/mol. The molecule has 0 spiro atoms. The van der Waals surface area contributed by atoms with Crippen LogP contribution in [0.5, 0.6) is 0 Å². The van der Waals surface area contributed by atoms with Crippen LogP contribution in [0.25, 0.3) is 0 Å². The van der Waals surface area contributed by atoms with Crippen LogP contribution in [0.15, 0.2) is 0 Å². The van der Waals surface area contributed by atoms with Gasteiger partial charge in [-0.1, -0.05) is 13.8 Å². The van der Waals surface area contributed by atoms with E-state index in [0.29, 0.717) is 12.3 Å². The fourth-order valence-corrected chi connectivity index (χ4v) is 0.671. The zero-order chi connectivity index (χ0) is 5.91. The average Bonchev–Trinajstić information content (AvgIpc) is 1.68. The first-order valence-electron chi connectivity index (χ1n) is 2.43. The Morgan fingerprint density at radius 2 is 1.62 bits per heavy atom.